The molecule has 0 saturated carbocycles. The van der Waals surface area contributed by atoms with Gasteiger partial charge in [-0.25, -0.2) is 8.42 Å². The number of benzene rings is 2. The van der Waals surface area contributed by atoms with Crippen molar-refractivity contribution in [1.29, 1.82) is 0 Å². The second-order valence-corrected chi connectivity index (χ2v) is 7.55. The number of fused-ring (bicyclic) bond motifs is 1. The first-order valence-corrected chi connectivity index (χ1v) is 8.95. The summed E-state index contributed by atoms with van der Waals surface area (Å²) in [6.45, 7) is 0.714. The molecule has 1 aliphatic heterocycles. The summed E-state index contributed by atoms with van der Waals surface area (Å²) in [5.74, 6) is 0.784. The molecule has 1 aliphatic rings. The van der Waals surface area contributed by atoms with Crippen molar-refractivity contribution in [3.8, 4) is 11.5 Å². The fraction of sp³-hybridized carbons (Fsp3) is 0.200. The summed E-state index contributed by atoms with van der Waals surface area (Å²) in [7, 11) is -2.72. The lowest BCUT2D eigenvalue weighted by Crippen LogP contribution is -2.27. The van der Waals surface area contributed by atoms with Crippen LogP contribution in [-0.2, 0) is 10.0 Å². The Morgan fingerprint density at radius 3 is 2.48 bits per heavy atom. The molecule has 0 aromatic heterocycles. The van der Waals surface area contributed by atoms with E-state index in [1.54, 1.807) is 0 Å². The van der Waals surface area contributed by atoms with Crippen molar-refractivity contribution in [2.24, 2.45) is 0 Å². The minimum Gasteiger partial charge on any atom is -0.486 e. The molecule has 1 heterocycles. The fourth-order valence-electron chi connectivity index (χ4n) is 2.33. The molecule has 0 spiro atoms. The highest BCUT2D eigenvalue weighted by molar-refractivity contribution is 7.92. The van der Waals surface area contributed by atoms with E-state index in [1.807, 2.05) is 0 Å². The van der Waals surface area contributed by atoms with E-state index in [4.69, 9.17) is 21.1 Å². The van der Waals surface area contributed by atoms with Crippen molar-refractivity contribution in [3.63, 3.8) is 0 Å². The third kappa shape index (κ3) is 3.20. The molecule has 132 valence electrons. The molecule has 0 amide bonds. The summed E-state index contributed by atoms with van der Waals surface area (Å²) < 4.78 is 37.4. The van der Waals surface area contributed by atoms with Crippen LogP contribution in [0.5, 0.6) is 11.5 Å². The van der Waals surface area contributed by atoms with E-state index in [0.717, 1.165) is 10.4 Å². The number of nitro benzene ring substituents is 1. The van der Waals surface area contributed by atoms with Crippen molar-refractivity contribution in [2.45, 2.75) is 4.90 Å². The van der Waals surface area contributed by atoms with Crippen LogP contribution < -0.4 is 13.8 Å². The van der Waals surface area contributed by atoms with Gasteiger partial charge < -0.3 is 9.47 Å². The van der Waals surface area contributed by atoms with Crippen LogP contribution in [-0.4, -0.2) is 33.6 Å². The Kier molecular flexibility index (Phi) is 4.44. The molecule has 0 bridgehead atoms. The van der Waals surface area contributed by atoms with Crippen LogP contribution in [0.2, 0.25) is 5.02 Å². The Morgan fingerprint density at radius 1 is 1.12 bits per heavy atom. The Morgan fingerprint density at radius 2 is 1.80 bits per heavy atom. The minimum absolute atomic E-state index is 0.00533. The van der Waals surface area contributed by atoms with Crippen LogP contribution in [0.4, 0.5) is 11.4 Å². The number of hydrogen-bond donors (Lipinski definition) is 0. The SMILES string of the molecule is CN(c1cc([N+](=O)[O-])ccc1Cl)S(=O)(=O)c1ccc2c(c1)OCCO2. The molecule has 0 atom stereocenters. The van der Waals surface area contributed by atoms with Gasteiger partial charge in [0.15, 0.2) is 11.5 Å². The van der Waals surface area contributed by atoms with Crippen LogP contribution in [0.3, 0.4) is 0 Å². The van der Waals surface area contributed by atoms with Crippen LogP contribution in [0.15, 0.2) is 41.3 Å². The zero-order valence-electron chi connectivity index (χ0n) is 13.0. The lowest BCUT2D eigenvalue weighted by molar-refractivity contribution is -0.384. The molecular weight excluding hydrogens is 372 g/mol. The third-order valence-corrected chi connectivity index (χ3v) is 5.74. The molecule has 0 fully saturated rings. The van der Waals surface area contributed by atoms with E-state index < -0.39 is 14.9 Å². The second kappa shape index (κ2) is 6.41. The second-order valence-electron chi connectivity index (χ2n) is 5.17. The molecule has 2 aromatic carbocycles. The first-order chi connectivity index (χ1) is 11.8. The molecule has 8 nitrogen and oxygen atoms in total. The first-order valence-electron chi connectivity index (χ1n) is 7.13. The Hall–Kier alpha value is -2.52. The van der Waals surface area contributed by atoms with Gasteiger partial charge in [-0.1, -0.05) is 11.6 Å². The first kappa shape index (κ1) is 17.3. The maximum Gasteiger partial charge on any atom is 0.271 e. The summed E-state index contributed by atoms with van der Waals surface area (Å²) in [4.78, 5) is 10.3. The zero-order chi connectivity index (χ0) is 18.2. The lowest BCUT2D eigenvalue weighted by atomic mass is 10.3. The van der Waals surface area contributed by atoms with Gasteiger partial charge in [0.2, 0.25) is 0 Å². The Bertz CT molecular complexity index is 947. The highest BCUT2D eigenvalue weighted by atomic mass is 35.5. The van der Waals surface area contributed by atoms with Gasteiger partial charge in [-0.2, -0.15) is 0 Å². The third-order valence-electron chi connectivity index (χ3n) is 3.65. The van der Waals surface area contributed by atoms with Crippen LogP contribution in [0.1, 0.15) is 0 Å². The molecular formula is C15H13ClN2O6S. The zero-order valence-corrected chi connectivity index (χ0v) is 14.6. The largest absolute Gasteiger partial charge is 0.486 e. The molecule has 3 rings (SSSR count). The summed E-state index contributed by atoms with van der Waals surface area (Å²) >= 11 is 6.03. The number of anilines is 1. The van der Waals surface area contributed by atoms with Crippen molar-refractivity contribution in [2.75, 3.05) is 24.6 Å². The van der Waals surface area contributed by atoms with Crippen LogP contribution >= 0.6 is 11.6 Å². The molecule has 0 unspecified atom stereocenters. The van der Waals surface area contributed by atoms with E-state index >= 15 is 0 Å². The predicted molar refractivity (Wildman–Crippen MR) is 91.1 cm³/mol. The number of nitrogens with zero attached hydrogens (tertiary/aromatic N) is 2. The monoisotopic (exact) mass is 384 g/mol. The molecule has 2 aromatic rings. The topological polar surface area (TPSA) is 99.0 Å². The van der Waals surface area contributed by atoms with E-state index in [9.17, 15) is 18.5 Å². The van der Waals surface area contributed by atoms with Gasteiger partial charge in [0.05, 0.1) is 20.5 Å². The summed E-state index contributed by atoms with van der Waals surface area (Å²) in [5, 5.41) is 11.0. The average molecular weight is 385 g/mol. The van der Waals surface area contributed by atoms with Gasteiger partial charge in [0.1, 0.15) is 13.2 Å². The summed E-state index contributed by atoms with van der Waals surface area (Å²) in [6.07, 6.45) is 0. The van der Waals surface area contributed by atoms with E-state index in [1.165, 1.54) is 37.4 Å². The standard InChI is InChI=1S/C15H13ClN2O6S/c1-17(13-8-10(18(19)20)2-4-12(13)16)25(21,22)11-3-5-14-15(9-11)24-7-6-23-14/h2-5,8-9H,6-7H2,1H3. The van der Waals surface area contributed by atoms with Gasteiger partial charge in [-0.05, 0) is 18.2 Å². The van der Waals surface area contributed by atoms with Crippen molar-refractivity contribution in [1.82, 2.24) is 0 Å². The Balaban J connectivity index is 2.03. The van der Waals surface area contributed by atoms with E-state index in [-0.39, 0.29) is 21.3 Å². The summed E-state index contributed by atoms with van der Waals surface area (Å²) in [5.41, 5.74) is -0.255. The van der Waals surface area contributed by atoms with Gasteiger partial charge in [-0.15, -0.1) is 0 Å². The Labute approximate surface area is 148 Å². The molecule has 10 heteroatoms. The van der Waals surface area contributed by atoms with E-state index in [0.29, 0.717) is 24.7 Å². The number of rotatable bonds is 4. The molecule has 0 saturated heterocycles. The van der Waals surface area contributed by atoms with E-state index in [2.05, 4.69) is 0 Å². The molecule has 25 heavy (non-hydrogen) atoms. The molecule has 0 radical (unpaired) electrons. The number of halogens is 1. The van der Waals surface area contributed by atoms with Gasteiger partial charge >= 0.3 is 0 Å². The number of ether oxygens (including phenoxy) is 2. The van der Waals surface area contributed by atoms with Gasteiger partial charge in [0.25, 0.3) is 15.7 Å². The van der Waals surface area contributed by atoms with Crippen molar-refractivity contribution >= 4 is 33.0 Å². The number of non-ortho nitro benzene ring substituents is 1. The molecule has 0 aliphatic carbocycles. The molecule has 0 N–H and O–H groups in total. The quantitative estimate of drug-likeness (QED) is 0.593. The number of sulfonamides is 1. The predicted octanol–water partition coefficient (Wildman–Crippen LogP) is 2.84. The fourth-order valence-corrected chi connectivity index (χ4v) is 3.84. The van der Waals surface area contributed by atoms with Crippen molar-refractivity contribution < 1.29 is 22.8 Å². The lowest BCUT2D eigenvalue weighted by Gasteiger charge is -2.22. The highest BCUT2D eigenvalue weighted by Gasteiger charge is 2.26. The van der Waals surface area contributed by atoms with Crippen molar-refractivity contribution in [3.05, 3.63) is 51.5 Å². The van der Waals surface area contributed by atoms with Gasteiger partial charge in [-0.3, -0.25) is 14.4 Å². The summed E-state index contributed by atoms with van der Waals surface area (Å²) in [6, 6.07) is 7.83. The average Bonchev–Trinajstić information content (AvgIpc) is 2.60. The smallest absolute Gasteiger partial charge is 0.271 e. The van der Waals surface area contributed by atoms with Crippen LogP contribution in [0, 0.1) is 10.1 Å². The maximum absolute atomic E-state index is 12.9. The minimum atomic E-state index is -4.00. The number of nitro groups is 1. The number of hydrogen-bond acceptors (Lipinski definition) is 6. The van der Waals surface area contributed by atoms with Crippen LogP contribution in [0.25, 0.3) is 0 Å². The highest BCUT2D eigenvalue weighted by Crippen LogP contribution is 2.36. The normalized spacial score (nSPS) is 13.4. The maximum atomic E-state index is 12.9. The van der Waals surface area contributed by atoms with Gasteiger partial charge in [0, 0.05) is 25.2 Å².